The van der Waals surface area contributed by atoms with Crippen LogP contribution in [0.4, 0.5) is 0 Å². The van der Waals surface area contributed by atoms with Gasteiger partial charge in [-0.05, 0) is 34.1 Å². The van der Waals surface area contributed by atoms with E-state index in [-0.39, 0.29) is 6.10 Å². The molecule has 0 spiro atoms. The number of hydrogen-bond donors (Lipinski definition) is 0. The molecule has 0 aromatic rings. The van der Waals surface area contributed by atoms with E-state index < -0.39 is 11.6 Å². The number of carbonyl (C=O) groups excluding carboxylic acids is 1. The van der Waals surface area contributed by atoms with E-state index in [1.54, 1.807) is 0 Å². The Morgan fingerprint density at radius 3 is 2.50 bits per heavy atom. The van der Waals surface area contributed by atoms with Crippen molar-refractivity contribution < 1.29 is 14.3 Å². The summed E-state index contributed by atoms with van der Waals surface area (Å²) in [5.74, 6) is 4.70. The lowest BCUT2D eigenvalue weighted by molar-refractivity contribution is -0.147. The summed E-state index contributed by atoms with van der Waals surface area (Å²) in [5.41, 5.74) is -0.473. The van der Waals surface area contributed by atoms with Crippen LogP contribution < -0.4 is 0 Å². The number of ether oxygens (including phenoxy) is 2. The third-order valence-electron chi connectivity index (χ3n) is 1.79. The molecule has 0 aromatic heterocycles. The number of carbonyl (C=O) groups is 1. The molecule has 16 heavy (non-hydrogen) atoms. The predicted octanol–water partition coefficient (Wildman–Crippen LogP) is 2.54. The quantitative estimate of drug-likeness (QED) is 0.320. The summed E-state index contributed by atoms with van der Waals surface area (Å²) in [4.78, 5) is 11.2. The van der Waals surface area contributed by atoms with Crippen molar-refractivity contribution in [1.29, 1.82) is 0 Å². The minimum Gasteiger partial charge on any atom is -0.450 e. The van der Waals surface area contributed by atoms with Crippen LogP contribution in [0.3, 0.4) is 0 Å². The second kappa shape index (κ2) is 7.29. The van der Waals surface area contributed by atoms with Gasteiger partial charge in [-0.25, -0.2) is 4.79 Å². The molecule has 0 rings (SSSR count). The molecule has 1 unspecified atom stereocenters. The van der Waals surface area contributed by atoms with Gasteiger partial charge in [-0.15, -0.1) is 0 Å². The molecule has 0 aliphatic carbocycles. The summed E-state index contributed by atoms with van der Waals surface area (Å²) in [6, 6.07) is 0. The van der Waals surface area contributed by atoms with E-state index in [1.807, 2.05) is 27.7 Å². The Hall–Kier alpha value is -1.01. The summed E-state index contributed by atoms with van der Waals surface area (Å²) in [5, 5.41) is 0. The normalized spacial score (nSPS) is 12.6. The van der Waals surface area contributed by atoms with E-state index in [1.165, 1.54) is 0 Å². The molecule has 1 atom stereocenters. The Labute approximate surface area is 98.5 Å². The first kappa shape index (κ1) is 15.0. The van der Waals surface area contributed by atoms with Gasteiger partial charge in [-0.2, -0.15) is 0 Å². The summed E-state index contributed by atoms with van der Waals surface area (Å²) in [7, 11) is 0. The molecular weight excluding hydrogens is 204 g/mol. The molecule has 0 saturated heterocycles. The minimum absolute atomic E-state index is 0.253. The third kappa shape index (κ3) is 9.54. The molecule has 0 N–H and O–H groups in total. The summed E-state index contributed by atoms with van der Waals surface area (Å²) in [6.07, 6.45) is 1.80. The minimum atomic E-state index is -0.476. The second-order valence-electron chi connectivity index (χ2n) is 4.64. The van der Waals surface area contributed by atoms with Crippen molar-refractivity contribution in [2.75, 3.05) is 6.61 Å². The number of rotatable bonds is 4. The molecule has 0 radical (unpaired) electrons. The van der Waals surface area contributed by atoms with Crippen LogP contribution in [0.15, 0.2) is 0 Å². The Kier molecular flexibility index (Phi) is 6.83. The van der Waals surface area contributed by atoms with Crippen molar-refractivity contribution in [3.05, 3.63) is 0 Å². The lowest BCUT2D eigenvalue weighted by Crippen LogP contribution is -2.22. The first-order valence-corrected chi connectivity index (χ1v) is 5.68. The highest BCUT2D eigenvalue weighted by Crippen LogP contribution is 2.06. The van der Waals surface area contributed by atoms with Crippen LogP contribution in [0, 0.1) is 11.8 Å². The monoisotopic (exact) mass is 226 g/mol. The zero-order valence-electron chi connectivity index (χ0n) is 10.9. The van der Waals surface area contributed by atoms with Crippen LogP contribution in [-0.4, -0.2) is 24.3 Å². The average Bonchev–Trinajstić information content (AvgIpc) is 2.14. The summed E-state index contributed by atoms with van der Waals surface area (Å²) in [6.45, 7) is 10.1. The highest BCUT2D eigenvalue weighted by Gasteiger charge is 2.13. The Bertz CT molecular complexity index is 265. The maximum absolute atomic E-state index is 11.2. The molecule has 92 valence electrons. The molecule has 0 saturated carbocycles. The maximum atomic E-state index is 11.2. The average molecular weight is 226 g/mol. The van der Waals surface area contributed by atoms with Gasteiger partial charge < -0.3 is 9.47 Å². The Balaban J connectivity index is 3.73. The van der Waals surface area contributed by atoms with E-state index in [9.17, 15) is 4.79 Å². The molecule has 0 amide bonds. The van der Waals surface area contributed by atoms with Crippen molar-refractivity contribution in [3.8, 4) is 11.8 Å². The molecule has 0 aromatic carbocycles. The standard InChI is InChI=1S/C13H22O3/c1-6-11(2)15-10-8-7-9-12(14)16-13(3,4)5/h11H,6,8,10H2,1-5H3. The summed E-state index contributed by atoms with van der Waals surface area (Å²) >= 11 is 0. The van der Waals surface area contributed by atoms with Gasteiger partial charge in [0.1, 0.15) is 5.60 Å². The van der Waals surface area contributed by atoms with Gasteiger partial charge in [0.2, 0.25) is 0 Å². The van der Waals surface area contributed by atoms with Crippen LogP contribution >= 0.6 is 0 Å². The van der Waals surface area contributed by atoms with Gasteiger partial charge in [-0.1, -0.05) is 12.8 Å². The number of hydrogen-bond acceptors (Lipinski definition) is 3. The van der Waals surface area contributed by atoms with Crippen LogP contribution in [0.25, 0.3) is 0 Å². The topological polar surface area (TPSA) is 35.5 Å². The smallest absolute Gasteiger partial charge is 0.384 e. The van der Waals surface area contributed by atoms with Crippen LogP contribution in [0.2, 0.25) is 0 Å². The maximum Gasteiger partial charge on any atom is 0.384 e. The van der Waals surface area contributed by atoms with E-state index >= 15 is 0 Å². The van der Waals surface area contributed by atoms with Crippen LogP contribution in [0.1, 0.15) is 47.5 Å². The summed E-state index contributed by atoms with van der Waals surface area (Å²) < 4.78 is 10.5. The van der Waals surface area contributed by atoms with E-state index in [0.717, 1.165) is 6.42 Å². The third-order valence-corrected chi connectivity index (χ3v) is 1.79. The van der Waals surface area contributed by atoms with Crippen molar-refractivity contribution in [3.63, 3.8) is 0 Å². The molecule has 0 aliphatic rings. The van der Waals surface area contributed by atoms with Crippen LogP contribution in [0.5, 0.6) is 0 Å². The van der Waals surface area contributed by atoms with Gasteiger partial charge in [0.15, 0.2) is 0 Å². The van der Waals surface area contributed by atoms with Crippen molar-refractivity contribution in [2.24, 2.45) is 0 Å². The highest BCUT2D eigenvalue weighted by molar-refractivity contribution is 5.88. The van der Waals surface area contributed by atoms with E-state index in [4.69, 9.17) is 9.47 Å². The van der Waals surface area contributed by atoms with Gasteiger partial charge >= 0.3 is 5.97 Å². The predicted molar refractivity (Wildman–Crippen MR) is 63.9 cm³/mol. The number of esters is 1. The highest BCUT2D eigenvalue weighted by atomic mass is 16.6. The zero-order chi connectivity index (χ0) is 12.6. The van der Waals surface area contributed by atoms with Crippen molar-refractivity contribution in [2.45, 2.75) is 59.2 Å². The van der Waals surface area contributed by atoms with Crippen molar-refractivity contribution in [1.82, 2.24) is 0 Å². The first-order chi connectivity index (χ1) is 7.35. The Morgan fingerprint density at radius 1 is 1.38 bits per heavy atom. The Morgan fingerprint density at radius 2 is 2.00 bits per heavy atom. The molecule has 0 aliphatic heterocycles. The SMILES string of the molecule is CCC(C)OCCC#CC(=O)OC(C)(C)C. The van der Waals surface area contributed by atoms with Gasteiger partial charge in [0.05, 0.1) is 12.7 Å². The zero-order valence-corrected chi connectivity index (χ0v) is 10.9. The lowest BCUT2D eigenvalue weighted by Gasteiger charge is -2.16. The van der Waals surface area contributed by atoms with Crippen LogP contribution in [-0.2, 0) is 14.3 Å². The van der Waals surface area contributed by atoms with Gasteiger partial charge in [0.25, 0.3) is 0 Å². The molecule has 0 bridgehead atoms. The van der Waals surface area contributed by atoms with Gasteiger partial charge in [-0.3, -0.25) is 0 Å². The lowest BCUT2D eigenvalue weighted by atomic mass is 10.2. The molecular formula is C13H22O3. The molecule has 0 fully saturated rings. The van der Waals surface area contributed by atoms with Crippen molar-refractivity contribution >= 4 is 5.97 Å². The molecule has 0 heterocycles. The van der Waals surface area contributed by atoms with E-state index in [2.05, 4.69) is 18.8 Å². The fraction of sp³-hybridized carbons (Fsp3) is 0.769. The second-order valence-corrected chi connectivity index (χ2v) is 4.64. The molecule has 3 heteroatoms. The van der Waals surface area contributed by atoms with E-state index in [0.29, 0.717) is 13.0 Å². The molecule has 3 nitrogen and oxygen atoms in total. The fourth-order valence-corrected chi connectivity index (χ4v) is 0.867. The van der Waals surface area contributed by atoms with Gasteiger partial charge in [0, 0.05) is 12.3 Å². The largest absolute Gasteiger partial charge is 0.450 e. The first-order valence-electron chi connectivity index (χ1n) is 5.68. The fourth-order valence-electron chi connectivity index (χ4n) is 0.867.